The summed E-state index contributed by atoms with van der Waals surface area (Å²) in [5.74, 6) is 1.32. The molecule has 1 aromatic carbocycles. The smallest absolute Gasteiger partial charge is 0.208 e. The molecule has 0 amide bonds. The molecule has 1 aromatic rings. The van der Waals surface area contributed by atoms with Crippen molar-refractivity contribution in [1.29, 1.82) is 0 Å². The van der Waals surface area contributed by atoms with E-state index in [9.17, 15) is 8.42 Å². The van der Waals surface area contributed by atoms with Gasteiger partial charge in [0.15, 0.2) is 0 Å². The molecule has 98 valence electrons. The van der Waals surface area contributed by atoms with Crippen LogP contribution in [0.1, 0.15) is 31.2 Å². The molecular weight excluding hydrogens is 246 g/mol. The van der Waals surface area contributed by atoms with E-state index in [4.69, 9.17) is 0 Å². The lowest BCUT2D eigenvalue weighted by molar-refractivity contribution is 0.390. The van der Waals surface area contributed by atoms with Gasteiger partial charge in [-0.15, -0.1) is 0 Å². The highest BCUT2D eigenvalue weighted by Crippen LogP contribution is 2.44. The Morgan fingerprint density at radius 3 is 2.39 bits per heavy atom. The lowest BCUT2D eigenvalue weighted by Crippen LogP contribution is -2.38. The van der Waals surface area contributed by atoms with Gasteiger partial charge < -0.3 is 0 Å². The largest absolute Gasteiger partial charge is 0.240 e. The van der Waals surface area contributed by atoms with Gasteiger partial charge in [-0.3, -0.25) is 0 Å². The average molecular weight is 265 g/mol. The molecule has 2 bridgehead atoms. The topological polar surface area (TPSA) is 46.2 Å². The molecule has 0 radical (unpaired) electrons. The number of hydrogen-bond donors (Lipinski definition) is 1. The van der Waals surface area contributed by atoms with Gasteiger partial charge in [0, 0.05) is 6.04 Å². The normalized spacial score (nSPS) is 30.8. The first-order chi connectivity index (χ1) is 8.54. The lowest BCUT2D eigenvalue weighted by atomic mass is 9.96. The highest BCUT2D eigenvalue weighted by atomic mass is 32.2. The molecule has 2 saturated carbocycles. The average Bonchev–Trinajstić information content (AvgIpc) is 2.91. The van der Waals surface area contributed by atoms with Crippen LogP contribution in [0.5, 0.6) is 0 Å². The Hall–Kier alpha value is -0.870. The fraction of sp³-hybridized carbons (Fsp3) is 0.571. The van der Waals surface area contributed by atoms with Crippen LogP contribution in [0, 0.1) is 18.8 Å². The molecule has 3 atom stereocenters. The predicted molar refractivity (Wildman–Crippen MR) is 70.7 cm³/mol. The second-order valence-electron chi connectivity index (χ2n) is 5.72. The van der Waals surface area contributed by atoms with Gasteiger partial charge >= 0.3 is 0 Å². The maximum atomic E-state index is 12.3. The molecule has 3 rings (SSSR count). The van der Waals surface area contributed by atoms with Crippen molar-refractivity contribution in [1.82, 2.24) is 4.72 Å². The van der Waals surface area contributed by atoms with Gasteiger partial charge in [0.2, 0.25) is 10.0 Å². The fourth-order valence-corrected chi connectivity index (χ4v) is 4.69. The second-order valence-corrected chi connectivity index (χ2v) is 7.43. The number of sulfonamides is 1. The number of fused-ring (bicyclic) bond motifs is 2. The van der Waals surface area contributed by atoms with Crippen molar-refractivity contribution < 1.29 is 8.42 Å². The third kappa shape index (κ3) is 2.19. The Kier molecular flexibility index (Phi) is 2.94. The molecule has 1 N–H and O–H groups in total. The molecule has 0 spiro atoms. The van der Waals surface area contributed by atoms with Crippen LogP contribution in [0.3, 0.4) is 0 Å². The molecule has 2 aliphatic carbocycles. The SMILES string of the molecule is Cc1ccc(S(=O)(=O)N[C@@H]2C[C@H]3CC[C@H]2C3)cc1. The first-order valence-corrected chi connectivity index (χ1v) is 8.12. The zero-order valence-corrected chi connectivity index (χ0v) is 11.4. The third-order valence-electron chi connectivity index (χ3n) is 4.38. The highest BCUT2D eigenvalue weighted by Gasteiger charge is 2.41. The second kappa shape index (κ2) is 4.35. The van der Waals surface area contributed by atoms with Crippen LogP contribution in [0.25, 0.3) is 0 Å². The summed E-state index contributed by atoms with van der Waals surface area (Å²) in [5.41, 5.74) is 1.08. The van der Waals surface area contributed by atoms with Crippen molar-refractivity contribution >= 4 is 10.0 Å². The van der Waals surface area contributed by atoms with E-state index in [1.54, 1.807) is 12.1 Å². The van der Waals surface area contributed by atoms with Crippen LogP contribution in [0.2, 0.25) is 0 Å². The molecule has 0 aliphatic heterocycles. The minimum Gasteiger partial charge on any atom is -0.208 e. The zero-order valence-electron chi connectivity index (χ0n) is 10.6. The van der Waals surface area contributed by atoms with Crippen molar-refractivity contribution in [3.05, 3.63) is 29.8 Å². The maximum absolute atomic E-state index is 12.3. The van der Waals surface area contributed by atoms with E-state index in [2.05, 4.69) is 4.72 Å². The van der Waals surface area contributed by atoms with Gasteiger partial charge in [-0.25, -0.2) is 13.1 Å². The van der Waals surface area contributed by atoms with Gasteiger partial charge in [0.1, 0.15) is 0 Å². The summed E-state index contributed by atoms with van der Waals surface area (Å²) in [7, 11) is -3.33. The number of aryl methyl sites for hydroxylation is 1. The summed E-state index contributed by atoms with van der Waals surface area (Å²) in [6.07, 6.45) is 4.70. The summed E-state index contributed by atoms with van der Waals surface area (Å²) in [5, 5.41) is 0. The van der Waals surface area contributed by atoms with Crippen molar-refractivity contribution in [2.24, 2.45) is 11.8 Å². The van der Waals surface area contributed by atoms with Gasteiger partial charge in [-0.05, 0) is 50.2 Å². The van der Waals surface area contributed by atoms with Crippen molar-refractivity contribution in [2.45, 2.75) is 43.5 Å². The van der Waals surface area contributed by atoms with E-state index in [1.165, 1.54) is 19.3 Å². The van der Waals surface area contributed by atoms with E-state index >= 15 is 0 Å². The van der Waals surface area contributed by atoms with Crippen molar-refractivity contribution in [3.63, 3.8) is 0 Å². The van der Waals surface area contributed by atoms with E-state index in [1.807, 2.05) is 19.1 Å². The molecule has 0 unspecified atom stereocenters. The quantitative estimate of drug-likeness (QED) is 0.912. The standard InChI is InChI=1S/C14H19NO2S/c1-10-2-6-13(7-3-10)18(16,17)15-14-9-11-4-5-12(14)8-11/h2-3,6-7,11-12,14-15H,4-5,8-9H2,1H3/t11-,12-,14+/m0/s1. The van der Waals surface area contributed by atoms with Gasteiger partial charge in [-0.2, -0.15) is 0 Å². The maximum Gasteiger partial charge on any atom is 0.240 e. The van der Waals surface area contributed by atoms with Crippen molar-refractivity contribution in [2.75, 3.05) is 0 Å². The molecule has 2 fully saturated rings. The van der Waals surface area contributed by atoms with Crippen LogP contribution in [-0.4, -0.2) is 14.5 Å². The molecule has 3 nitrogen and oxygen atoms in total. The minimum atomic E-state index is -3.33. The first-order valence-electron chi connectivity index (χ1n) is 6.63. The van der Waals surface area contributed by atoms with E-state index in [0.29, 0.717) is 10.8 Å². The Balaban J connectivity index is 1.77. The molecule has 4 heteroatoms. The van der Waals surface area contributed by atoms with Crippen LogP contribution in [0.15, 0.2) is 29.2 Å². The highest BCUT2D eigenvalue weighted by molar-refractivity contribution is 7.89. The Labute approximate surface area is 109 Å². The van der Waals surface area contributed by atoms with E-state index < -0.39 is 10.0 Å². The third-order valence-corrected chi connectivity index (χ3v) is 5.88. The number of benzene rings is 1. The summed E-state index contributed by atoms with van der Waals surface area (Å²) in [6, 6.07) is 7.22. The number of nitrogens with one attached hydrogen (secondary N) is 1. The summed E-state index contributed by atoms with van der Waals surface area (Å²) >= 11 is 0. The molecule has 0 aromatic heterocycles. The van der Waals surface area contributed by atoms with Gasteiger partial charge in [-0.1, -0.05) is 24.1 Å². The van der Waals surface area contributed by atoms with Gasteiger partial charge in [0.25, 0.3) is 0 Å². The van der Waals surface area contributed by atoms with Crippen molar-refractivity contribution in [3.8, 4) is 0 Å². The summed E-state index contributed by atoms with van der Waals surface area (Å²) < 4.78 is 27.4. The zero-order chi connectivity index (χ0) is 12.8. The van der Waals surface area contributed by atoms with Gasteiger partial charge in [0.05, 0.1) is 4.90 Å². The molecule has 0 heterocycles. The van der Waals surface area contributed by atoms with E-state index in [-0.39, 0.29) is 6.04 Å². The Bertz CT molecular complexity index is 535. The number of hydrogen-bond acceptors (Lipinski definition) is 2. The molecule has 0 saturated heterocycles. The lowest BCUT2D eigenvalue weighted by Gasteiger charge is -2.22. The van der Waals surface area contributed by atoms with Crippen LogP contribution >= 0.6 is 0 Å². The molecule has 2 aliphatic rings. The monoisotopic (exact) mass is 265 g/mol. The van der Waals surface area contributed by atoms with Crippen LogP contribution in [0.4, 0.5) is 0 Å². The summed E-state index contributed by atoms with van der Waals surface area (Å²) in [4.78, 5) is 0.385. The summed E-state index contributed by atoms with van der Waals surface area (Å²) in [6.45, 7) is 1.96. The Morgan fingerprint density at radius 2 is 1.83 bits per heavy atom. The Morgan fingerprint density at radius 1 is 1.11 bits per heavy atom. The first kappa shape index (κ1) is 12.2. The molecular formula is C14H19NO2S. The van der Waals surface area contributed by atoms with E-state index in [0.717, 1.165) is 17.9 Å². The van der Waals surface area contributed by atoms with Crippen LogP contribution < -0.4 is 4.72 Å². The number of rotatable bonds is 3. The fourth-order valence-electron chi connectivity index (χ4n) is 3.37. The van der Waals surface area contributed by atoms with Crippen LogP contribution in [-0.2, 0) is 10.0 Å². The molecule has 18 heavy (non-hydrogen) atoms. The minimum absolute atomic E-state index is 0.162. The predicted octanol–water partition coefficient (Wildman–Crippen LogP) is 2.46.